The van der Waals surface area contributed by atoms with Crippen molar-refractivity contribution in [2.45, 2.75) is 44.2 Å². The minimum absolute atomic E-state index is 0.228. The van der Waals surface area contributed by atoms with Gasteiger partial charge >= 0.3 is 0 Å². The van der Waals surface area contributed by atoms with Crippen molar-refractivity contribution in [3.63, 3.8) is 0 Å². The molecule has 1 amide bonds. The van der Waals surface area contributed by atoms with Gasteiger partial charge in [-0.15, -0.1) is 0 Å². The smallest absolute Gasteiger partial charge is 0.264 e. The Morgan fingerprint density at radius 3 is 2.46 bits per heavy atom. The van der Waals surface area contributed by atoms with Crippen molar-refractivity contribution in [2.75, 3.05) is 19.1 Å². The van der Waals surface area contributed by atoms with Crippen LogP contribution in [0.5, 0.6) is 11.5 Å². The molecule has 3 aromatic carbocycles. The van der Waals surface area contributed by atoms with Crippen molar-refractivity contribution in [3.8, 4) is 11.5 Å². The van der Waals surface area contributed by atoms with Gasteiger partial charge in [0.25, 0.3) is 5.91 Å². The average Bonchev–Trinajstić information content (AvgIpc) is 3.10. The van der Waals surface area contributed by atoms with Gasteiger partial charge in [0.2, 0.25) is 0 Å². The first kappa shape index (κ1) is 23.1. The van der Waals surface area contributed by atoms with E-state index >= 15 is 0 Å². The second kappa shape index (κ2) is 9.19. The second-order valence-corrected chi connectivity index (χ2v) is 9.25. The lowest BCUT2D eigenvalue weighted by Crippen LogP contribution is -2.41. The maximum Gasteiger partial charge on any atom is 0.264 e. The summed E-state index contributed by atoms with van der Waals surface area (Å²) in [4.78, 5) is 28.5. The topological polar surface area (TPSA) is 76.1 Å². The first-order chi connectivity index (χ1) is 16.9. The van der Waals surface area contributed by atoms with Gasteiger partial charge in [-0.2, -0.15) is 0 Å². The Hall–Kier alpha value is -3.64. The number of rotatable bonds is 7. The number of methoxy groups -OCH3 is 2. The minimum Gasteiger partial charge on any atom is -0.493 e. The summed E-state index contributed by atoms with van der Waals surface area (Å²) in [5.41, 5.74) is 2.99. The Morgan fingerprint density at radius 1 is 0.943 bits per heavy atom. The van der Waals surface area contributed by atoms with E-state index in [0.29, 0.717) is 28.3 Å². The fourth-order valence-corrected chi connectivity index (χ4v) is 5.24. The molecule has 0 radical (unpaired) electrons. The fraction of sp³-hybridized carbons (Fsp3) is 0.310. The van der Waals surface area contributed by atoms with Crippen LogP contribution in [0.1, 0.15) is 51.9 Å². The number of fused-ring (bicyclic) bond motifs is 2. The minimum atomic E-state index is -1.92. The molecule has 0 bridgehead atoms. The lowest BCUT2D eigenvalue weighted by molar-refractivity contribution is -0.136. The van der Waals surface area contributed by atoms with Crippen molar-refractivity contribution < 1.29 is 24.2 Å². The number of aliphatic hydroxyl groups is 1. The van der Waals surface area contributed by atoms with Crippen LogP contribution in [0, 0.1) is 0 Å². The number of para-hydroxylation sites is 1. The van der Waals surface area contributed by atoms with Crippen LogP contribution in [0.4, 0.5) is 5.69 Å². The molecule has 6 heteroatoms. The molecule has 1 aliphatic heterocycles. The van der Waals surface area contributed by atoms with Gasteiger partial charge in [0.05, 0.1) is 32.9 Å². The number of anilines is 1. The van der Waals surface area contributed by atoms with E-state index in [9.17, 15) is 14.7 Å². The number of carbonyl (C=O) groups is 2. The highest BCUT2D eigenvalue weighted by atomic mass is 16.5. The third-order valence-electron chi connectivity index (χ3n) is 7.11. The van der Waals surface area contributed by atoms with Crippen LogP contribution in [-0.2, 0) is 29.8 Å². The van der Waals surface area contributed by atoms with E-state index in [0.717, 1.165) is 24.8 Å². The summed E-state index contributed by atoms with van der Waals surface area (Å²) >= 11 is 0. The summed E-state index contributed by atoms with van der Waals surface area (Å²) in [5, 5.41) is 11.7. The predicted octanol–water partition coefficient (Wildman–Crippen LogP) is 4.59. The Bertz CT molecular complexity index is 1300. The predicted molar refractivity (Wildman–Crippen MR) is 133 cm³/mol. The number of nitrogens with zero attached hydrogens (tertiary/aromatic N) is 1. The van der Waals surface area contributed by atoms with Crippen LogP contribution < -0.4 is 14.4 Å². The van der Waals surface area contributed by atoms with Crippen molar-refractivity contribution >= 4 is 17.4 Å². The van der Waals surface area contributed by atoms with Crippen LogP contribution in [0.2, 0.25) is 0 Å². The van der Waals surface area contributed by atoms with E-state index in [1.54, 1.807) is 38.5 Å². The van der Waals surface area contributed by atoms with E-state index in [4.69, 9.17) is 9.47 Å². The molecule has 3 aromatic rings. The maximum atomic E-state index is 13.6. The Balaban J connectivity index is 1.44. The molecule has 1 unspecified atom stereocenters. The molecule has 2 aliphatic rings. The highest BCUT2D eigenvalue weighted by Crippen LogP contribution is 2.44. The average molecular weight is 472 g/mol. The molecule has 0 aromatic heterocycles. The first-order valence-electron chi connectivity index (χ1n) is 11.9. The van der Waals surface area contributed by atoms with Crippen molar-refractivity contribution in [2.24, 2.45) is 0 Å². The normalized spacial score (nSPS) is 18.7. The number of ether oxygens (including phenoxy) is 2. The Labute approximate surface area is 205 Å². The van der Waals surface area contributed by atoms with Gasteiger partial charge in [0.1, 0.15) is 0 Å². The molecule has 0 saturated heterocycles. The number of hydrogen-bond donors (Lipinski definition) is 1. The van der Waals surface area contributed by atoms with Crippen molar-refractivity contribution in [1.29, 1.82) is 0 Å². The molecule has 0 fully saturated rings. The molecule has 0 spiro atoms. The van der Waals surface area contributed by atoms with Crippen molar-refractivity contribution in [3.05, 3.63) is 88.5 Å². The quantitative estimate of drug-likeness (QED) is 0.510. The van der Waals surface area contributed by atoms with Crippen LogP contribution in [0.25, 0.3) is 0 Å². The molecule has 1 N–H and O–H groups in total. The standard InChI is InChI=1S/C29H29NO5/c1-34-26-14-11-19(15-27(26)35-2)18-30-24-10-6-5-9-23(24)29(33,28(30)32)17-25(31)22-13-12-20-7-3-4-8-21(20)16-22/h5-6,9-16,33H,3-4,7-8,17-18H2,1-2H3. The zero-order chi connectivity index (χ0) is 24.6. The van der Waals surface area contributed by atoms with Gasteiger partial charge in [0, 0.05) is 11.1 Å². The van der Waals surface area contributed by atoms with Gasteiger partial charge in [0.15, 0.2) is 22.9 Å². The van der Waals surface area contributed by atoms with Gasteiger partial charge in [-0.05, 0) is 66.6 Å². The van der Waals surface area contributed by atoms with E-state index in [-0.39, 0.29) is 18.7 Å². The summed E-state index contributed by atoms with van der Waals surface area (Å²) < 4.78 is 10.7. The highest BCUT2D eigenvalue weighted by molar-refractivity contribution is 6.10. The van der Waals surface area contributed by atoms with E-state index in [1.807, 2.05) is 36.4 Å². The Morgan fingerprint density at radius 2 is 1.69 bits per heavy atom. The van der Waals surface area contributed by atoms with Gasteiger partial charge in [-0.25, -0.2) is 0 Å². The summed E-state index contributed by atoms with van der Waals surface area (Å²) in [6.45, 7) is 0.228. The molecule has 1 heterocycles. The number of ketones is 1. The third kappa shape index (κ3) is 4.08. The van der Waals surface area contributed by atoms with Gasteiger partial charge < -0.3 is 19.5 Å². The second-order valence-electron chi connectivity index (χ2n) is 9.25. The van der Waals surface area contributed by atoms with Crippen molar-refractivity contribution in [1.82, 2.24) is 0 Å². The molecule has 6 nitrogen and oxygen atoms in total. The molecule has 5 rings (SSSR count). The molecule has 1 atom stereocenters. The summed E-state index contributed by atoms with van der Waals surface area (Å²) in [6.07, 6.45) is 3.98. The van der Waals surface area contributed by atoms with E-state index in [2.05, 4.69) is 0 Å². The van der Waals surface area contributed by atoms with Gasteiger partial charge in [-0.1, -0.05) is 36.4 Å². The SMILES string of the molecule is COc1ccc(CN2C(=O)C(O)(CC(=O)c3ccc4c(c3)CCCC4)c3ccccc32)cc1OC. The number of benzene rings is 3. The zero-order valence-corrected chi connectivity index (χ0v) is 20.0. The molecular formula is C29H29NO5. The summed E-state index contributed by atoms with van der Waals surface area (Å²) in [6, 6.07) is 18.3. The summed E-state index contributed by atoms with van der Waals surface area (Å²) in [5.74, 6) is 0.413. The monoisotopic (exact) mass is 471 g/mol. The number of Topliss-reactive ketones (excluding diaryl/α,β-unsaturated/α-hetero) is 1. The highest BCUT2D eigenvalue weighted by Gasteiger charge is 2.50. The first-order valence-corrected chi connectivity index (χ1v) is 11.9. The van der Waals surface area contributed by atoms with Gasteiger partial charge in [-0.3, -0.25) is 9.59 Å². The lowest BCUT2D eigenvalue weighted by Gasteiger charge is -2.23. The third-order valence-corrected chi connectivity index (χ3v) is 7.11. The number of carbonyl (C=O) groups excluding carboxylic acids is 2. The molecule has 35 heavy (non-hydrogen) atoms. The van der Waals surface area contributed by atoms with Crippen LogP contribution in [0.15, 0.2) is 60.7 Å². The van der Waals surface area contributed by atoms with E-state index in [1.165, 1.54) is 22.4 Å². The summed E-state index contributed by atoms with van der Waals surface area (Å²) in [7, 11) is 3.13. The maximum absolute atomic E-state index is 13.6. The number of hydrogen-bond acceptors (Lipinski definition) is 5. The van der Waals surface area contributed by atoms with Crippen LogP contribution in [0.3, 0.4) is 0 Å². The zero-order valence-electron chi connectivity index (χ0n) is 20.0. The van der Waals surface area contributed by atoms with Crippen LogP contribution >= 0.6 is 0 Å². The van der Waals surface area contributed by atoms with E-state index < -0.39 is 11.5 Å². The molecule has 1 aliphatic carbocycles. The largest absolute Gasteiger partial charge is 0.493 e. The molecule has 0 saturated carbocycles. The lowest BCUT2D eigenvalue weighted by atomic mass is 9.85. The number of amides is 1. The number of aryl methyl sites for hydroxylation is 2. The molecular weight excluding hydrogens is 442 g/mol. The Kier molecular flexibility index (Phi) is 6.07. The molecule has 180 valence electrons. The van der Waals surface area contributed by atoms with Crippen LogP contribution in [-0.4, -0.2) is 31.0 Å². The fourth-order valence-electron chi connectivity index (χ4n) is 5.24.